The van der Waals surface area contributed by atoms with E-state index in [1.807, 2.05) is 24.3 Å². The predicted molar refractivity (Wildman–Crippen MR) is 108 cm³/mol. The van der Waals surface area contributed by atoms with Crippen LogP contribution < -0.4 is 0 Å². The van der Waals surface area contributed by atoms with Crippen molar-refractivity contribution in [3.63, 3.8) is 0 Å². The Hall–Kier alpha value is -2.15. The summed E-state index contributed by atoms with van der Waals surface area (Å²) in [5, 5.41) is 9.78. The lowest BCUT2D eigenvalue weighted by atomic mass is 9.84. The number of furan rings is 1. The van der Waals surface area contributed by atoms with Crippen molar-refractivity contribution in [3.8, 4) is 11.6 Å². The van der Waals surface area contributed by atoms with Crippen LogP contribution >= 0.6 is 11.6 Å². The van der Waals surface area contributed by atoms with Gasteiger partial charge < -0.3 is 4.42 Å². The van der Waals surface area contributed by atoms with E-state index < -0.39 is 0 Å². The molecule has 0 unspecified atom stereocenters. The first-order valence-corrected chi connectivity index (χ1v) is 10.1. The molecular weight excluding hydrogens is 374 g/mol. The number of fused-ring (bicyclic) bond motifs is 2. The van der Waals surface area contributed by atoms with Crippen molar-refractivity contribution in [1.29, 1.82) is 0 Å². The lowest BCUT2D eigenvalue weighted by Gasteiger charge is -2.48. The molecule has 2 aliphatic heterocycles. The number of rotatable bonds is 3. The second kappa shape index (κ2) is 7.03. The van der Waals surface area contributed by atoms with Gasteiger partial charge in [0.1, 0.15) is 5.82 Å². The van der Waals surface area contributed by atoms with Crippen molar-refractivity contribution in [2.45, 2.75) is 31.5 Å². The third kappa shape index (κ3) is 3.15. The minimum atomic E-state index is 0.0127. The van der Waals surface area contributed by atoms with E-state index in [-0.39, 0.29) is 5.54 Å². The highest BCUT2D eigenvalue weighted by Crippen LogP contribution is 2.39. The molecule has 1 saturated heterocycles. The van der Waals surface area contributed by atoms with Crippen LogP contribution in [0, 0.1) is 0 Å². The number of likely N-dealkylation sites (N-methyl/N-ethyl adjacent to an activating group) is 1. The SMILES string of the molecule is CN1Cc2nnc(-c3ccco3)n2C2(CCN(Cc3cccc(Cl)c3)CC2)C1. The highest BCUT2D eigenvalue weighted by molar-refractivity contribution is 6.30. The third-order valence-electron chi connectivity index (χ3n) is 6.00. The molecule has 146 valence electrons. The molecule has 3 aromatic rings. The summed E-state index contributed by atoms with van der Waals surface area (Å²) in [7, 11) is 2.17. The number of nitrogens with zero attached hydrogens (tertiary/aromatic N) is 5. The molecule has 0 bridgehead atoms. The number of hydrogen-bond acceptors (Lipinski definition) is 5. The molecule has 6 nitrogen and oxygen atoms in total. The minimum Gasteiger partial charge on any atom is -0.461 e. The molecule has 0 radical (unpaired) electrons. The average Bonchev–Trinajstić information content (AvgIpc) is 3.33. The summed E-state index contributed by atoms with van der Waals surface area (Å²) in [5.74, 6) is 2.68. The van der Waals surface area contributed by atoms with Gasteiger partial charge in [-0.25, -0.2) is 0 Å². The zero-order valence-electron chi connectivity index (χ0n) is 16.0. The molecule has 0 atom stereocenters. The van der Waals surface area contributed by atoms with E-state index in [1.54, 1.807) is 6.26 Å². The standard InChI is InChI=1S/C21H24ClN5O/c1-25-14-19-23-24-20(18-6-3-11-28-18)27(19)21(15-25)7-9-26(10-8-21)13-16-4-2-5-17(22)12-16/h2-6,11-12H,7-10,13-15H2,1H3. The Labute approximate surface area is 169 Å². The Kier molecular flexibility index (Phi) is 4.50. The maximum atomic E-state index is 6.16. The Bertz CT molecular complexity index is 959. The Morgan fingerprint density at radius 2 is 2.00 bits per heavy atom. The highest BCUT2D eigenvalue weighted by Gasteiger charge is 2.43. The smallest absolute Gasteiger partial charge is 0.200 e. The highest BCUT2D eigenvalue weighted by atomic mass is 35.5. The molecule has 4 heterocycles. The Balaban J connectivity index is 1.40. The number of aromatic nitrogens is 3. The molecule has 1 spiro atoms. The van der Waals surface area contributed by atoms with Crippen molar-refractivity contribution in [1.82, 2.24) is 24.6 Å². The molecule has 1 fully saturated rings. The largest absolute Gasteiger partial charge is 0.461 e. The van der Waals surface area contributed by atoms with Crippen molar-refractivity contribution in [2.24, 2.45) is 0 Å². The summed E-state index contributed by atoms with van der Waals surface area (Å²) in [6.07, 6.45) is 3.83. The molecule has 1 aromatic carbocycles. The van der Waals surface area contributed by atoms with Crippen molar-refractivity contribution < 1.29 is 4.42 Å². The van der Waals surface area contributed by atoms with Gasteiger partial charge in [0.05, 0.1) is 18.3 Å². The van der Waals surface area contributed by atoms with E-state index in [1.165, 1.54) is 5.56 Å². The zero-order chi connectivity index (χ0) is 19.1. The van der Waals surface area contributed by atoms with E-state index in [0.717, 1.165) is 68.0 Å². The van der Waals surface area contributed by atoms with Crippen LogP contribution in [0.25, 0.3) is 11.6 Å². The van der Waals surface area contributed by atoms with Crippen LogP contribution in [0.1, 0.15) is 24.2 Å². The van der Waals surface area contributed by atoms with Crippen LogP contribution in [-0.4, -0.2) is 51.2 Å². The summed E-state index contributed by atoms with van der Waals surface area (Å²) in [5.41, 5.74) is 1.28. The van der Waals surface area contributed by atoms with E-state index in [0.29, 0.717) is 0 Å². The molecular formula is C21H24ClN5O. The van der Waals surface area contributed by atoms with Gasteiger partial charge in [-0.05, 0) is 49.7 Å². The molecule has 7 heteroatoms. The zero-order valence-corrected chi connectivity index (χ0v) is 16.8. The van der Waals surface area contributed by atoms with Crippen molar-refractivity contribution >= 4 is 11.6 Å². The maximum Gasteiger partial charge on any atom is 0.200 e. The topological polar surface area (TPSA) is 50.3 Å². The number of halogens is 1. The van der Waals surface area contributed by atoms with Crippen molar-refractivity contribution in [2.75, 3.05) is 26.7 Å². The van der Waals surface area contributed by atoms with Gasteiger partial charge >= 0.3 is 0 Å². The average molecular weight is 398 g/mol. The summed E-state index contributed by atoms with van der Waals surface area (Å²) in [4.78, 5) is 4.88. The quantitative estimate of drug-likeness (QED) is 0.675. The van der Waals surface area contributed by atoms with Crippen LogP contribution in [0.4, 0.5) is 0 Å². The normalized spacial score (nSPS) is 19.8. The fraction of sp³-hybridized carbons (Fsp3) is 0.429. The van der Waals surface area contributed by atoms with Gasteiger partial charge in [0.15, 0.2) is 11.6 Å². The molecule has 28 heavy (non-hydrogen) atoms. The van der Waals surface area contributed by atoms with E-state index in [4.69, 9.17) is 16.0 Å². The molecule has 2 aromatic heterocycles. The van der Waals surface area contributed by atoms with Crippen LogP contribution in [-0.2, 0) is 18.6 Å². The fourth-order valence-corrected chi connectivity index (χ4v) is 4.97. The van der Waals surface area contributed by atoms with Gasteiger partial charge in [-0.2, -0.15) is 0 Å². The summed E-state index contributed by atoms with van der Waals surface area (Å²) in [6, 6.07) is 12.0. The van der Waals surface area contributed by atoms with E-state index in [2.05, 4.69) is 43.7 Å². The second-order valence-corrected chi connectivity index (χ2v) is 8.49. The maximum absolute atomic E-state index is 6.16. The summed E-state index contributed by atoms with van der Waals surface area (Å²) >= 11 is 6.16. The second-order valence-electron chi connectivity index (χ2n) is 8.06. The van der Waals surface area contributed by atoms with Gasteiger partial charge in [-0.3, -0.25) is 14.4 Å². The lowest BCUT2D eigenvalue weighted by Crippen LogP contribution is -2.55. The summed E-state index contributed by atoms with van der Waals surface area (Å²) in [6.45, 7) is 4.84. The van der Waals surface area contributed by atoms with Crippen LogP contribution in [0.3, 0.4) is 0 Å². The molecule has 0 amide bonds. The van der Waals surface area contributed by atoms with Crippen LogP contribution in [0.2, 0.25) is 5.02 Å². The van der Waals surface area contributed by atoms with E-state index in [9.17, 15) is 0 Å². The molecule has 0 aliphatic carbocycles. The van der Waals surface area contributed by atoms with Gasteiger partial charge in [0.2, 0.25) is 0 Å². The minimum absolute atomic E-state index is 0.0127. The van der Waals surface area contributed by atoms with E-state index >= 15 is 0 Å². The molecule has 0 saturated carbocycles. The monoisotopic (exact) mass is 397 g/mol. The predicted octanol–water partition coefficient (Wildman–Crippen LogP) is 3.63. The molecule has 5 rings (SSSR count). The first-order chi connectivity index (χ1) is 13.6. The molecule has 0 N–H and O–H groups in total. The van der Waals surface area contributed by atoms with Gasteiger partial charge in [-0.1, -0.05) is 23.7 Å². The van der Waals surface area contributed by atoms with Crippen LogP contribution in [0.5, 0.6) is 0 Å². The number of hydrogen-bond donors (Lipinski definition) is 0. The Morgan fingerprint density at radius 3 is 2.75 bits per heavy atom. The first kappa shape index (κ1) is 17.9. The third-order valence-corrected chi connectivity index (χ3v) is 6.24. The van der Waals surface area contributed by atoms with Gasteiger partial charge in [0, 0.05) is 31.2 Å². The molecule has 2 aliphatic rings. The van der Waals surface area contributed by atoms with Crippen LogP contribution in [0.15, 0.2) is 47.1 Å². The van der Waals surface area contributed by atoms with Gasteiger partial charge in [0.25, 0.3) is 0 Å². The lowest BCUT2D eigenvalue weighted by molar-refractivity contribution is 0.0488. The van der Waals surface area contributed by atoms with Crippen molar-refractivity contribution in [3.05, 3.63) is 59.1 Å². The fourth-order valence-electron chi connectivity index (χ4n) is 4.76. The summed E-state index contributed by atoms with van der Waals surface area (Å²) < 4.78 is 8.02. The Morgan fingerprint density at radius 1 is 1.14 bits per heavy atom. The number of likely N-dealkylation sites (tertiary alicyclic amines) is 1. The number of piperidine rings is 1. The first-order valence-electron chi connectivity index (χ1n) is 9.77. The number of benzene rings is 1. The van der Waals surface area contributed by atoms with Gasteiger partial charge in [-0.15, -0.1) is 10.2 Å².